The van der Waals surface area contributed by atoms with Crippen LogP contribution in [-0.4, -0.2) is 142 Å². The fourth-order valence-electron chi connectivity index (χ4n) is 4.18. The highest BCUT2D eigenvalue weighted by Crippen LogP contribution is 2.31. The van der Waals surface area contributed by atoms with Crippen molar-refractivity contribution in [1.29, 1.82) is 0 Å². The summed E-state index contributed by atoms with van der Waals surface area (Å²) < 4.78 is 173. The van der Waals surface area contributed by atoms with Crippen LogP contribution in [0.4, 0.5) is 0 Å². The van der Waals surface area contributed by atoms with Crippen molar-refractivity contribution in [2.24, 2.45) is 11.8 Å². The number of hydrogen-bond donors (Lipinski definition) is 4. The summed E-state index contributed by atoms with van der Waals surface area (Å²) in [6.45, 7) is -2.69. The summed E-state index contributed by atoms with van der Waals surface area (Å²) in [7, 11) is -18.5. The van der Waals surface area contributed by atoms with Gasteiger partial charge in [-0.3, -0.25) is 18.2 Å². The molecule has 2 heterocycles. The van der Waals surface area contributed by atoms with Crippen LogP contribution in [0.15, 0.2) is 0 Å². The smallest absolute Gasteiger partial charge is 0.384 e. The summed E-state index contributed by atoms with van der Waals surface area (Å²) in [5, 5.41) is 0. The first-order valence-corrected chi connectivity index (χ1v) is 16.6. The number of methoxy groups -OCH3 is 2. The molecule has 0 spiro atoms. The van der Waals surface area contributed by atoms with Crippen molar-refractivity contribution < 1.29 is 92.3 Å². The minimum Gasteiger partial charge on any atom is -0.384 e. The Hall–Kier alpha value is -0.720. The third-order valence-corrected chi connectivity index (χ3v) is 7.48. The van der Waals surface area contributed by atoms with Gasteiger partial charge in [0.15, 0.2) is 0 Å². The zero-order valence-corrected chi connectivity index (χ0v) is 24.5. The van der Waals surface area contributed by atoms with Gasteiger partial charge in [0, 0.05) is 26.1 Å². The summed E-state index contributed by atoms with van der Waals surface area (Å²) in [4.78, 5) is 0. The average Bonchev–Trinajstić information content (AvgIpc) is 2.77. The molecule has 8 atom stereocenters. The zero-order chi connectivity index (χ0) is 31.2. The summed E-state index contributed by atoms with van der Waals surface area (Å²) >= 11 is 0. The van der Waals surface area contributed by atoms with Crippen LogP contribution in [0.1, 0.15) is 0 Å². The highest BCUT2D eigenvalue weighted by Gasteiger charge is 2.49. The first-order chi connectivity index (χ1) is 18.7. The molecule has 41 heavy (non-hydrogen) atoms. The van der Waals surface area contributed by atoms with E-state index < -0.39 is 110 Å². The van der Waals surface area contributed by atoms with Gasteiger partial charge >= 0.3 is 41.6 Å². The van der Waals surface area contributed by atoms with Gasteiger partial charge in [-0.2, -0.15) is 33.7 Å². The van der Waals surface area contributed by atoms with Gasteiger partial charge in [-0.25, -0.2) is 16.7 Å². The van der Waals surface area contributed by atoms with E-state index in [1.54, 1.807) is 0 Å². The standard InChI is InChI=1S/C16H30O21S4/c1-29-3-9-5-33-12(16(37-41(26,27)28)13(9)34-38(17,18)19)8-31-4-10-6-32-11(7-30-2)15(36-40(23,24)25)14(10)35-39(20,21)22/h9-16H,3-8H2,1-2H3,(H,17,18,19)(H,20,21,22)(H,23,24,25)(H,26,27,28). The number of ether oxygens (including phenoxy) is 5. The molecule has 0 aliphatic carbocycles. The highest BCUT2D eigenvalue weighted by molar-refractivity contribution is 7.81. The lowest BCUT2D eigenvalue weighted by molar-refractivity contribution is -0.189. The Balaban J connectivity index is 2.28. The molecule has 0 aromatic carbocycles. The zero-order valence-electron chi connectivity index (χ0n) is 21.2. The molecular formula is C16H30O21S4. The lowest BCUT2D eigenvalue weighted by Gasteiger charge is -2.41. The quantitative estimate of drug-likeness (QED) is 0.118. The van der Waals surface area contributed by atoms with Gasteiger partial charge in [0.2, 0.25) is 0 Å². The Morgan fingerprint density at radius 3 is 1.24 bits per heavy atom. The molecule has 244 valence electrons. The van der Waals surface area contributed by atoms with Gasteiger partial charge in [0.05, 0.1) is 39.6 Å². The first kappa shape index (κ1) is 36.5. The summed E-state index contributed by atoms with van der Waals surface area (Å²) in [6.07, 6.45) is -10.3. The predicted molar refractivity (Wildman–Crippen MR) is 127 cm³/mol. The fourth-order valence-corrected chi connectivity index (χ4v) is 6.30. The molecule has 0 aromatic heterocycles. The van der Waals surface area contributed by atoms with Gasteiger partial charge in [-0.05, 0) is 0 Å². The Morgan fingerprint density at radius 2 is 0.878 bits per heavy atom. The maximum atomic E-state index is 11.5. The van der Waals surface area contributed by atoms with Crippen LogP contribution in [0.3, 0.4) is 0 Å². The van der Waals surface area contributed by atoms with E-state index in [1.807, 2.05) is 0 Å². The normalized spacial score (nSPS) is 32.1. The van der Waals surface area contributed by atoms with Crippen molar-refractivity contribution in [1.82, 2.24) is 0 Å². The molecule has 0 aromatic rings. The Kier molecular flexibility index (Phi) is 13.2. The van der Waals surface area contributed by atoms with Crippen molar-refractivity contribution >= 4 is 41.6 Å². The fraction of sp³-hybridized carbons (Fsp3) is 1.00. The highest BCUT2D eigenvalue weighted by atomic mass is 32.3. The van der Waals surface area contributed by atoms with Crippen LogP contribution < -0.4 is 0 Å². The predicted octanol–water partition coefficient (Wildman–Crippen LogP) is -2.92. The molecule has 8 unspecified atom stereocenters. The Morgan fingerprint density at radius 1 is 0.537 bits per heavy atom. The molecule has 25 heteroatoms. The summed E-state index contributed by atoms with van der Waals surface area (Å²) in [5.74, 6) is -2.30. The lowest BCUT2D eigenvalue weighted by atomic mass is 9.92. The molecule has 4 N–H and O–H groups in total. The second kappa shape index (κ2) is 14.8. The summed E-state index contributed by atoms with van der Waals surface area (Å²) in [6, 6.07) is 0. The largest absolute Gasteiger partial charge is 0.397 e. The maximum Gasteiger partial charge on any atom is 0.397 e. The van der Waals surface area contributed by atoms with E-state index in [-0.39, 0.29) is 19.8 Å². The minimum atomic E-state index is -5.27. The Bertz CT molecular complexity index is 1170. The molecule has 2 rings (SSSR count). The SMILES string of the molecule is COCC1COC(COCC2COC(COC)C(OS(=O)(=O)O)C2OS(=O)(=O)O)C(OS(=O)(=O)O)C1OS(=O)(=O)O. The number of hydrogen-bond acceptors (Lipinski definition) is 17. The van der Waals surface area contributed by atoms with E-state index in [0.717, 1.165) is 0 Å². The van der Waals surface area contributed by atoms with Gasteiger partial charge in [0.25, 0.3) is 0 Å². The van der Waals surface area contributed by atoms with Crippen molar-refractivity contribution in [2.75, 3.05) is 53.9 Å². The molecule has 2 aliphatic rings. The van der Waals surface area contributed by atoms with Crippen LogP contribution in [0, 0.1) is 11.8 Å². The van der Waals surface area contributed by atoms with Crippen molar-refractivity contribution in [3.05, 3.63) is 0 Å². The third-order valence-electron chi connectivity index (χ3n) is 5.62. The van der Waals surface area contributed by atoms with Gasteiger partial charge < -0.3 is 23.7 Å². The van der Waals surface area contributed by atoms with E-state index in [2.05, 4.69) is 16.7 Å². The van der Waals surface area contributed by atoms with E-state index in [9.17, 15) is 47.3 Å². The molecule has 2 aliphatic heterocycles. The Labute approximate surface area is 236 Å². The molecule has 0 radical (unpaired) electrons. The molecule has 2 fully saturated rings. The second-order valence-electron chi connectivity index (χ2n) is 8.67. The molecule has 0 saturated carbocycles. The second-order valence-corrected chi connectivity index (χ2v) is 12.9. The monoisotopic (exact) mass is 686 g/mol. The van der Waals surface area contributed by atoms with Crippen molar-refractivity contribution in [3.8, 4) is 0 Å². The minimum absolute atomic E-state index is 0.273. The van der Waals surface area contributed by atoms with E-state index >= 15 is 0 Å². The van der Waals surface area contributed by atoms with Crippen LogP contribution in [0.5, 0.6) is 0 Å². The molecule has 2 saturated heterocycles. The van der Waals surface area contributed by atoms with E-state index in [0.29, 0.717) is 0 Å². The average molecular weight is 687 g/mol. The topological polar surface area (TPSA) is 301 Å². The van der Waals surface area contributed by atoms with Gasteiger partial charge in [-0.15, -0.1) is 0 Å². The van der Waals surface area contributed by atoms with E-state index in [4.69, 9.17) is 28.2 Å². The van der Waals surface area contributed by atoms with Crippen LogP contribution in [-0.2, 0) is 82.0 Å². The van der Waals surface area contributed by atoms with Crippen LogP contribution >= 0.6 is 0 Å². The molecule has 0 bridgehead atoms. The van der Waals surface area contributed by atoms with Gasteiger partial charge in [-0.1, -0.05) is 0 Å². The molecular weight excluding hydrogens is 656 g/mol. The van der Waals surface area contributed by atoms with Crippen LogP contribution in [0.25, 0.3) is 0 Å². The van der Waals surface area contributed by atoms with Crippen molar-refractivity contribution in [2.45, 2.75) is 36.6 Å². The summed E-state index contributed by atoms with van der Waals surface area (Å²) in [5.41, 5.74) is 0. The third kappa shape index (κ3) is 12.8. The number of rotatable bonds is 16. The van der Waals surface area contributed by atoms with E-state index in [1.165, 1.54) is 14.2 Å². The molecule has 0 amide bonds. The van der Waals surface area contributed by atoms with Crippen LogP contribution in [0.2, 0.25) is 0 Å². The van der Waals surface area contributed by atoms with Crippen molar-refractivity contribution in [3.63, 3.8) is 0 Å². The first-order valence-electron chi connectivity index (χ1n) is 11.1. The molecule has 21 nitrogen and oxygen atoms in total. The maximum absolute atomic E-state index is 11.5. The lowest BCUT2D eigenvalue weighted by Crippen LogP contribution is -2.57. The van der Waals surface area contributed by atoms with Gasteiger partial charge in [0.1, 0.15) is 36.6 Å².